The molecule has 1 N–H and O–H groups in total. The van der Waals surface area contributed by atoms with Gasteiger partial charge in [0, 0.05) is 37.9 Å². The van der Waals surface area contributed by atoms with Crippen molar-refractivity contribution >= 4 is 17.6 Å². The summed E-state index contributed by atoms with van der Waals surface area (Å²) >= 11 is 0. The minimum absolute atomic E-state index is 0.0223. The maximum absolute atomic E-state index is 12.9. The van der Waals surface area contributed by atoms with E-state index in [1.807, 2.05) is 29.2 Å². The smallest absolute Gasteiger partial charge is 0.321 e. The maximum atomic E-state index is 12.9. The molecule has 3 heterocycles. The van der Waals surface area contributed by atoms with Crippen molar-refractivity contribution in [2.45, 2.75) is 45.1 Å². The summed E-state index contributed by atoms with van der Waals surface area (Å²) in [6, 6.07) is 11.3. The highest BCUT2D eigenvalue weighted by molar-refractivity contribution is 5.96. The van der Waals surface area contributed by atoms with Gasteiger partial charge in [-0.15, -0.1) is 0 Å². The molecular formula is C24H30N4O3. The van der Waals surface area contributed by atoms with Gasteiger partial charge >= 0.3 is 6.03 Å². The largest absolute Gasteiger partial charge is 0.472 e. The molecule has 0 aliphatic carbocycles. The molecule has 2 aromatic rings. The molecule has 0 saturated carbocycles. The average Bonchev–Trinajstić information content (AvgIpc) is 3.29. The van der Waals surface area contributed by atoms with Gasteiger partial charge in [-0.2, -0.15) is 0 Å². The number of nitrogens with one attached hydrogen (secondary N) is 1. The molecule has 164 valence electrons. The number of anilines is 1. The number of hydrogen-bond acceptors (Lipinski definition) is 4. The predicted octanol–water partition coefficient (Wildman–Crippen LogP) is 3.96. The van der Waals surface area contributed by atoms with E-state index in [0.29, 0.717) is 31.0 Å². The summed E-state index contributed by atoms with van der Waals surface area (Å²) in [4.78, 5) is 33.5. The topological polar surface area (TPSA) is 74.8 Å². The standard InChI is InChI=1S/C24H30N4O3/c1-2-18-8-10-19(11-9-18)26-24(30)28-16-12-20(17-28)31-22-21(7-6-13-25-22)23(29)27-14-4-3-5-15-27/h6-11,13,20H,2-5,12,14-17H2,1H3,(H,26,30). The number of hydrogen-bond donors (Lipinski definition) is 1. The summed E-state index contributed by atoms with van der Waals surface area (Å²) < 4.78 is 6.10. The van der Waals surface area contributed by atoms with Crippen LogP contribution in [0.15, 0.2) is 42.6 Å². The highest BCUT2D eigenvalue weighted by Crippen LogP contribution is 2.23. The number of amides is 3. The lowest BCUT2D eigenvalue weighted by Gasteiger charge is -2.27. The molecule has 2 fully saturated rings. The van der Waals surface area contributed by atoms with Crippen molar-refractivity contribution in [3.05, 3.63) is 53.7 Å². The van der Waals surface area contributed by atoms with E-state index >= 15 is 0 Å². The second-order valence-electron chi connectivity index (χ2n) is 8.16. The third kappa shape index (κ3) is 5.16. The fourth-order valence-electron chi connectivity index (χ4n) is 4.11. The maximum Gasteiger partial charge on any atom is 0.321 e. The minimum Gasteiger partial charge on any atom is -0.472 e. The van der Waals surface area contributed by atoms with E-state index in [0.717, 1.165) is 38.0 Å². The molecule has 7 nitrogen and oxygen atoms in total. The van der Waals surface area contributed by atoms with E-state index in [1.54, 1.807) is 23.2 Å². The van der Waals surface area contributed by atoms with Crippen LogP contribution in [0.4, 0.5) is 10.5 Å². The zero-order valence-corrected chi connectivity index (χ0v) is 18.0. The monoisotopic (exact) mass is 422 g/mol. The highest BCUT2D eigenvalue weighted by Gasteiger charge is 2.30. The molecule has 3 amide bonds. The zero-order chi connectivity index (χ0) is 21.6. The van der Waals surface area contributed by atoms with Gasteiger partial charge in [0.25, 0.3) is 5.91 Å². The molecule has 2 aliphatic heterocycles. The first kappa shape index (κ1) is 21.2. The van der Waals surface area contributed by atoms with E-state index in [-0.39, 0.29) is 18.0 Å². The van der Waals surface area contributed by atoms with Gasteiger partial charge in [0.2, 0.25) is 5.88 Å². The van der Waals surface area contributed by atoms with E-state index in [2.05, 4.69) is 17.2 Å². The van der Waals surface area contributed by atoms with Crippen LogP contribution in [-0.2, 0) is 6.42 Å². The molecule has 1 unspecified atom stereocenters. The Morgan fingerprint density at radius 1 is 1.06 bits per heavy atom. The van der Waals surface area contributed by atoms with Crippen LogP contribution in [0, 0.1) is 0 Å². The van der Waals surface area contributed by atoms with Gasteiger partial charge in [-0.25, -0.2) is 9.78 Å². The van der Waals surface area contributed by atoms with Gasteiger partial charge in [-0.3, -0.25) is 4.79 Å². The number of rotatable bonds is 5. The number of urea groups is 1. The number of ether oxygens (including phenoxy) is 1. The molecule has 31 heavy (non-hydrogen) atoms. The first-order valence-electron chi connectivity index (χ1n) is 11.2. The third-order valence-electron chi connectivity index (χ3n) is 5.97. The van der Waals surface area contributed by atoms with Crippen LogP contribution in [0.25, 0.3) is 0 Å². The Balaban J connectivity index is 1.35. The van der Waals surface area contributed by atoms with Gasteiger partial charge in [-0.1, -0.05) is 19.1 Å². The van der Waals surface area contributed by atoms with Crippen molar-refractivity contribution in [3.8, 4) is 5.88 Å². The molecule has 4 rings (SSSR count). The SMILES string of the molecule is CCc1ccc(NC(=O)N2CCC(Oc3ncccc3C(=O)N3CCCCC3)C2)cc1. The van der Waals surface area contributed by atoms with Crippen molar-refractivity contribution in [1.29, 1.82) is 0 Å². The van der Waals surface area contributed by atoms with E-state index in [4.69, 9.17) is 4.74 Å². The van der Waals surface area contributed by atoms with Crippen LogP contribution in [0.5, 0.6) is 5.88 Å². The fourth-order valence-corrected chi connectivity index (χ4v) is 4.11. The number of aryl methyl sites for hydroxylation is 1. The highest BCUT2D eigenvalue weighted by atomic mass is 16.5. The van der Waals surface area contributed by atoms with Crippen LogP contribution in [0.2, 0.25) is 0 Å². The second kappa shape index (κ2) is 9.81. The lowest BCUT2D eigenvalue weighted by molar-refractivity contribution is 0.0715. The average molecular weight is 423 g/mol. The lowest BCUT2D eigenvalue weighted by Crippen LogP contribution is -2.36. The first-order valence-corrected chi connectivity index (χ1v) is 11.2. The van der Waals surface area contributed by atoms with Crippen molar-refractivity contribution in [1.82, 2.24) is 14.8 Å². The molecule has 0 bridgehead atoms. The van der Waals surface area contributed by atoms with Crippen LogP contribution in [-0.4, -0.2) is 59.0 Å². The summed E-state index contributed by atoms with van der Waals surface area (Å²) in [5.74, 6) is 0.339. The number of nitrogens with zero attached hydrogens (tertiary/aromatic N) is 3. The predicted molar refractivity (Wildman–Crippen MR) is 119 cm³/mol. The number of carbonyl (C=O) groups is 2. The van der Waals surface area contributed by atoms with Crippen LogP contribution < -0.4 is 10.1 Å². The van der Waals surface area contributed by atoms with Crippen LogP contribution in [0.1, 0.15) is 48.5 Å². The Hall–Kier alpha value is -3.09. The van der Waals surface area contributed by atoms with E-state index in [1.165, 1.54) is 12.0 Å². The van der Waals surface area contributed by atoms with Gasteiger partial charge in [0.05, 0.1) is 6.54 Å². The summed E-state index contributed by atoms with van der Waals surface area (Å²) in [7, 11) is 0. The van der Waals surface area contributed by atoms with E-state index < -0.39 is 0 Å². The summed E-state index contributed by atoms with van der Waals surface area (Å²) in [6.45, 7) is 4.73. The van der Waals surface area contributed by atoms with Gasteiger partial charge < -0.3 is 19.9 Å². The lowest BCUT2D eigenvalue weighted by atomic mass is 10.1. The number of aromatic nitrogens is 1. The molecule has 1 aromatic heterocycles. The zero-order valence-electron chi connectivity index (χ0n) is 18.0. The third-order valence-corrected chi connectivity index (χ3v) is 5.97. The van der Waals surface area contributed by atoms with Crippen LogP contribution in [0.3, 0.4) is 0 Å². The van der Waals surface area contributed by atoms with Gasteiger partial charge in [0.1, 0.15) is 11.7 Å². The summed E-state index contributed by atoms with van der Waals surface area (Å²) in [5.41, 5.74) is 2.52. The molecule has 0 spiro atoms. The normalized spacial score (nSPS) is 18.7. The molecule has 0 radical (unpaired) electrons. The molecule has 1 aromatic carbocycles. The van der Waals surface area contributed by atoms with Gasteiger partial charge in [-0.05, 0) is 55.5 Å². The Bertz CT molecular complexity index is 909. The first-order chi connectivity index (χ1) is 15.1. The Labute approximate surface area is 183 Å². The van der Waals surface area contributed by atoms with Crippen molar-refractivity contribution in [3.63, 3.8) is 0 Å². The quantitative estimate of drug-likeness (QED) is 0.792. The fraction of sp³-hybridized carbons (Fsp3) is 0.458. The Morgan fingerprint density at radius 2 is 1.84 bits per heavy atom. The Morgan fingerprint density at radius 3 is 2.58 bits per heavy atom. The van der Waals surface area contributed by atoms with E-state index in [9.17, 15) is 9.59 Å². The molecule has 2 aliphatic rings. The van der Waals surface area contributed by atoms with Crippen molar-refractivity contribution < 1.29 is 14.3 Å². The number of piperidine rings is 1. The van der Waals surface area contributed by atoms with Crippen molar-refractivity contribution in [2.75, 3.05) is 31.5 Å². The van der Waals surface area contributed by atoms with Crippen LogP contribution >= 0.6 is 0 Å². The molecule has 1 atom stereocenters. The molecule has 2 saturated heterocycles. The number of likely N-dealkylation sites (tertiary alicyclic amines) is 2. The second-order valence-corrected chi connectivity index (χ2v) is 8.16. The minimum atomic E-state index is -0.184. The molecule has 7 heteroatoms. The number of benzene rings is 1. The van der Waals surface area contributed by atoms with Crippen molar-refractivity contribution in [2.24, 2.45) is 0 Å². The molecular weight excluding hydrogens is 392 g/mol. The number of carbonyl (C=O) groups excluding carboxylic acids is 2. The number of pyridine rings is 1. The Kier molecular flexibility index (Phi) is 6.70. The van der Waals surface area contributed by atoms with Gasteiger partial charge in [0.15, 0.2) is 0 Å². The summed E-state index contributed by atoms with van der Waals surface area (Å²) in [5, 5.41) is 2.95. The summed E-state index contributed by atoms with van der Waals surface area (Å²) in [6.07, 6.45) is 6.37.